The first kappa shape index (κ1) is 15.6. The number of nitrogens with one attached hydrogen (secondary N) is 1. The predicted molar refractivity (Wildman–Crippen MR) is 91.0 cm³/mol. The number of amides is 2. The zero-order chi connectivity index (χ0) is 16.2. The van der Waals surface area contributed by atoms with Crippen molar-refractivity contribution in [3.63, 3.8) is 0 Å². The second kappa shape index (κ2) is 6.84. The number of nitrogens with zero attached hydrogens (tertiary/aromatic N) is 1. The first-order valence-electron chi connectivity index (χ1n) is 7.60. The Hall–Kier alpha value is -2.33. The summed E-state index contributed by atoms with van der Waals surface area (Å²) in [5.41, 5.74) is 1.81. The lowest BCUT2D eigenvalue weighted by Gasteiger charge is -2.15. The van der Waals surface area contributed by atoms with E-state index in [4.69, 9.17) is 11.6 Å². The molecule has 0 atom stereocenters. The summed E-state index contributed by atoms with van der Waals surface area (Å²) < 4.78 is 0. The lowest BCUT2D eigenvalue weighted by Crippen LogP contribution is -2.27. The Bertz CT molecular complexity index is 705. The smallest absolute Gasteiger partial charge is 0.255 e. The van der Waals surface area contributed by atoms with Gasteiger partial charge in [-0.3, -0.25) is 9.59 Å². The van der Waals surface area contributed by atoms with Gasteiger partial charge in [-0.1, -0.05) is 11.6 Å². The molecular formula is C18H17ClN2O2. The highest BCUT2D eigenvalue weighted by Crippen LogP contribution is 2.16. The van der Waals surface area contributed by atoms with Gasteiger partial charge in [-0.2, -0.15) is 0 Å². The molecule has 23 heavy (non-hydrogen) atoms. The van der Waals surface area contributed by atoms with Gasteiger partial charge in [-0.05, 0) is 61.4 Å². The van der Waals surface area contributed by atoms with Crippen LogP contribution in [0.5, 0.6) is 0 Å². The third kappa shape index (κ3) is 3.71. The van der Waals surface area contributed by atoms with Crippen molar-refractivity contribution in [2.24, 2.45) is 0 Å². The van der Waals surface area contributed by atoms with E-state index in [9.17, 15) is 9.59 Å². The standard InChI is InChI=1S/C18H17ClN2O2/c19-15-7-9-16(10-8-15)20-17(22)13-3-5-14(6-4-13)18(23)21-11-1-2-12-21/h3-10H,1-2,11-12H2,(H,20,22). The summed E-state index contributed by atoms with van der Waals surface area (Å²) >= 11 is 5.82. The van der Waals surface area contributed by atoms with Gasteiger partial charge in [-0.15, -0.1) is 0 Å². The van der Waals surface area contributed by atoms with E-state index in [2.05, 4.69) is 5.32 Å². The summed E-state index contributed by atoms with van der Waals surface area (Å²) in [4.78, 5) is 26.3. The topological polar surface area (TPSA) is 49.4 Å². The molecule has 0 radical (unpaired) electrons. The number of carbonyl (C=O) groups is 2. The Balaban J connectivity index is 1.67. The maximum atomic E-state index is 12.3. The van der Waals surface area contributed by atoms with Gasteiger partial charge in [0.05, 0.1) is 0 Å². The second-order valence-corrected chi connectivity index (χ2v) is 5.97. The molecule has 0 aliphatic carbocycles. The minimum absolute atomic E-state index is 0.0344. The van der Waals surface area contributed by atoms with Crippen LogP contribution in [0.25, 0.3) is 0 Å². The van der Waals surface area contributed by atoms with Crippen LogP contribution in [0.15, 0.2) is 48.5 Å². The first-order chi connectivity index (χ1) is 11.1. The van der Waals surface area contributed by atoms with Crippen LogP contribution in [0.3, 0.4) is 0 Å². The molecule has 0 bridgehead atoms. The molecule has 3 rings (SSSR count). The number of benzene rings is 2. The molecule has 118 valence electrons. The molecule has 2 aromatic carbocycles. The average molecular weight is 329 g/mol. The minimum Gasteiger partial charge on any atom is -0.339 e. The van der Waals surface area contributed by atoms with Crippen LogP contribution in [0, 0.1) is 0 Å². The van der Waals surface area contributed by atoms with Crippen molar-refractivity contribution < 1.29 is 9.59 Å². The van der Waals surface area contributed by atoms with Crippen LogP contribution in [0.1, 0.15) is 33.6 Å². The highest BCUT2D eigenvalue weighted by molar-refractivity contribution is 6.30. The van der Waals surface area contributed by atoms with Crippen LogP contribution in [-0.2, 0) is 0 Å². The van der Waals surface area contributed by atoms with Gasteiger partial charge >= 0.3 is 0 Å². The van der Waals surface area contributed by atoms with Crippen LogP contribution in [0.2, 0.25) is 5.02 Å². The van der Waals surface area contributed by atoms with Crippen molar-refractivity contribution in [1.29, 1.82) is 0 Å². The van der Waals surface area contributed by atoms with Crippen LogP contribution in [-0.4, -0.2) is 29.8 Å². The fourth-order valence-corrected chi connectivity index (χ4v) is 2.73. The third-order valence-electron chi connectivity index (χ3n) is 3.89. The van der Waals surface area contributed by atoms with E-state index < -0.39 is 0 Å². The monoisotopic (exact) mass is 328 g/mol. The number of hydrogen-bond donors (Lipinski definition) is 1. The number of rotatable bonds is 3. The molecule has 0 aromatic heterocycles. The van der Waals surface area contributed by atoms with Gasteiger partial charge in [0.1, 0.15) is 0 Å². The van der Waals surface area contributed by atoms with E-state index in [1.54, 1.807) is 48.5 Å². The van der Waals surface area contributed by atoms with E-state index in [-0.39, 0.29) is 11.8 Å². The summed E-state index contributed by atoms with van der Waals surface area (Å²) in [6.07, 6.45) is 2.13. The van der Waals surface area contributed by atoms with Crippen LogP contribution >= 0.6 is 11.6 Å². The van der Waals surface area contributed by atoms with Crippen LogP contribution in [0.4, 0.5) is 5.69 Å². The van der Waals surface area contributed by atoms with Gasteiger partial charge in [0, 0.05) is 34.9 Å². The van der Waals surface area contributed by atoms with Gasteiger partial charge in [0.25, 0.3) is 11.8 Å². The molecule has 1 N–H and O–H groups in total. The van der Waals surface area contributed by atoms with Crippen molar-refractivity contribution in [1.82, 2.24) is 4.90 Å². The maximum Gasteiger partial charge on any atom is 0.255 e. The van der Waals surface area contributed by atoms with Gasteiger partial charge in [-0.25, -0.2) is 0 Å². The Morgan fingerprint density at radius 2 is 1.43 bits per heavy atom. The van der Waals surface area contributed by atoms with E-state index in [1.807, 2.05) is 4.90 Å². The van der Waals surface area contributed by atoms with Crippen molar-refractivity contribution in [2.75, 3.05) is 18.4 Å². The summed E-state index contributed by atoms with van der Waals surface area (Å²) in [6.45, 7) is 1.63. The fraction of sp³-hybridized carbons (Fsp3) is 0.222. The molecular weight excluding hydrogens is 312 g/mol. The minimum atomic E-state index is -0.215. The Kier molecular flexibility index (Phi) is 4.63. The Morgan fingerprint density at radius 3 is 2.04 bits per heavy atom. The molecule has 1 heterocycles. The molecule has 0 spiro atoms. The number of carbonyl (C=O) groups excluding carboxylic acids is 2. The first-order valence-corrected chi connectivity index (χ1v) is 7.97. The van der Waals surface area contributed by atoms with Crippen molar-refractivity contribution in [3.8, 4) is 0 Å². The van der Waals surface area contributed by atoms with Gasteiger partial charge in [0.15, 0.2) is 0 Å². The highest BCUT2D eigenvalue weighted by atomic mass is 35.5. The summed E-state index contributed by atoms with van der Waals surface area (Å²) in [5, 5.41) is 3.41. The molecule has 2 aromatic rings. The highest BCUT2D eigenvalue weighted by Gasteiger charge is 2.19. The lowest BCUT2D eigenvalue weighted by molar-refractivity contribution is 0.0792. The zero-order valence-corrected chi connectivity index (χ0v) is 13.3. The SMILES string of the molecule is O=C(Nc1ccc(Cl)cc1)c1ccc(C(=O)N2CCCC2)cc1. The number of halogens is 1. The molecule has 1 aliphatic heterocycles. The van der Waals surface area contributed by atoms with Crippen molar-refractivity contribution in [2.45, 2.75) is 12.8 Å². The zero-order valence-electron chi connectivity index (χ0n) is 12.6. The van der Waals surface area contributed by atoms with Crippen LogP contribution < -0.4 is 5.32 Å². The normalized spacial score (nSPS) is 13.9. The van der Waals surface area contributed by atoms with Crippen molar-refractivity contribution >= 4 is 29.1 Å². The third-order valence-corrected chi connectivity index (χ3v) is 4.14. The Morgan fingerprint density at radius 1 is 0.870 bits per heavy atom. The van der Waals surface area contributed by atoms with Crippen molar-refractivity contribution in [3.05, 3.63) is 64.7 Å². The molecule has 1 aliphatic rings. The number of anilines is 1. The lowest BCUT2D eigenvalue weighted by atomic mass is 10.1. The fourth-order valence-electron chi connectivity index (χ4n) is 2.60. The number of likely N-dealkylation sites (tertiary alicyclic amines) is 1. The van der Waals surface area contributed by atoms with E-state index in [1.165, 1.54) is 0 Å². The Labute approximate surface area is 140 Å². The van der Waals surface area contributed by atoms with E-state index >= 15 is 0 Å². The quantitative estimate of drug-likeness (QED) is 0.931. The molecule has 4 nitrogen and oxygen atoms in total. The maximum absolute atomic E-state index is 12.3. The predicted octanol–water partition coefficient (Wildman–Crippen LogP) is 3.83. The van der Waals surface area contributed by atoms with E-state index in [0.717, 1.165) is 25.9 Å². The molecule has 0 unspecified atom stereocenters. The number of hydrogen-bond acceptors (Lipinski definition) is 2. The molecule has 1 saturated heterocycles. The molecule has 1 fully saturated rings. The molecule has 2 amide bonds. The molecule has 5 heteroatoms. The molecule has 0 saturated carbocycles. The average Bonchev–Trinajstić information content (AvgIpc) is 3.11. The van der Waals surface area contributed by atoms with E-state index in [0.29, 0.717) is 21.8 Å². The largest absolute Gasteiger partial charge is 0.339 e. The van der Waals surface area contributed by atoms with Gasteiger partial charge in [0.2, 0.25) is 0 Å². The second-order valence-electron chi connectivity index (χ2n) is 5.54. The van der Waals surface area contributed by atoms with Gasteiger partial charge < -0.3 is 10.2 Å². The summed E-state index contributed by atoms with van der Waals surface area (Å²) in [6, 6.07) is 13.7. The summed E-state index contributed by atoms with van der Waals surface area (Å²) in [7, 11) is 0. The summed E-state index contributed by atoms with van der Waals surface area (Å²) in [5.74, 6) is -0.181.